The Morgan fingerprint density at radius 1 is 0.808 bits per heavy atom. The van der Waals surface area contributed by atoms with Crippen LogP contribution in [0.4, 0.5) is 4.39 Å². The van der Waals surface area contributed by atoms with Crippen molar-refractivity contribution in [3.8, 4) is 23.0 Å². The number of hydrogen-bond acceptors (Lipinski definition) is 10. The van der Waals surface area contributed by atoms with E-state index in [9.17, 15) is 14.6 Å². The Balaban J connectivity index is 1.26. The van der Waals surface area contributed by atoms with Crippen LogP contribution in [0.15, 0.2) is 120 Å². The average Bonchev–Trinajstić information content (AvgIpc) is 3.89. The number of rotatable bonds is 30. The van der Waals surface area contributed by atoms with Crippen LogP contribution in [0.1, 0.15) is 144 Å². The average molecular weight is 1000 g/mol. The van der Waals surface area contributed by atoms with Gasteiger partial charge in [0.1, 0.15) is 36.6 Å². The van der Waals surface area contributed by atoms with Crippen LogP contribution in [0.3, 0.4) is 0 Å². The summed E-state index contributed by atoms with van der Waals surface area (Å²) in [6.45, 7) is 7.33. The summed E-state index contributed by atoms with van der Waals surface area (Å²) < 4.78 is 47.8. The highest BCUT2D eigenvalue weighted by Crippen LogP contribution is 2.62. The van der Waals surface area contributed by atoms with Crippen LogP contribution in [0.5, 0.6) is 23.0 Å². The van der Waals surface area contributed by atoms with Gasteiger partial charge < -0.3 is 43.6 Å². The number of aliphatic hydroxyl groups is 2. The second-order valence-electron chi connectivity index (χ2n) is 20.2. The van der Waals surface area contributed by atoms with Crippen molar-refractivity contribution >= 4 is 11.6 Å². The zero-order chi connectivity index (χ0) is 50.8. The first-order chi connectivity index (χ1) is 35.9. The number of hydrogen-bond donors (Lipinski definition) is 2. The van der Waals surface area contributed by atoms with Crippen LogP contribution in [0.25, 0.3) is 0 Å². The van der Waals surface area contributed by atoms with Gasteiger partial charge in [-0.15, -0.1) is 6.58 Å². The van der Waals surface area contributed by atoms with Crippen LogP contribution in [0, 0.1) is 23.6 Å². The number of nitrogens with zero attached hydrogens (tertiary/aromatic N) is 2. The molecule has 0 radical (unpaired) electrons. The smallest absolute Gasteiger partial charge is 0.239 e. The fraction of sp³-hybridized carbons (Fsp3) is 0.508. The monoisotopic (exact) mass is 1000 g/mol. The number of carbonyl (C=O) groups is 1. The number of allylic oxidation sites excluding steroid dienone is 1. The maximum absolute atomic E-state index is 15.4. The molecule has 11 nitrogen and oxygen atoms in total. The molecule has 1 fully saturated rings. The topological polar surface area (TPSA) is 129 Å². The molecule has 0 bridgehead atoms. The predicted octanol–water partition coefficient (Wildman–Crippen LogP) is 12.9. The van der Waals surface area contributed by atoms with E-state index in [0.717, 1.165) is 79.3 Å². The Kier molecular flexibility index (Phi) is 19.8. The van der Waals surface area contributed by atoms with Crippen molar-refractivity contribution in [2.45, 2.75) is 154 Å². The number of carbonyl (C=O) groups excluding carboxylic acids is 1. The summed E-state index contributed by atoms with van der Waals surface area (Å²) in [4.78, 5) is 23.8. The molecule has 0 aromatic heterocycles. The normalized spacial score (nSPS) is 21.9. The minimum absolute atomic E-state index is 0.0100. The molecular weight excluding hydrogens is 924 g/mol. The number of ether oxygens (including phenoxy) is 5. The van der Waals surface area contributed by atoms with Gasteiger partial charge in [0.05, 0.1) is 18.2 Å². The van der Waals surface area contributed by atoms with E-state index in [4.69, 9.17) is 33.7 Å². The van der Waals surface area contributed by atoms with Crippen LogP contribution in [0.2, 0.25) is 0 Å². The molecular formula is C61H77FN2O9. The molecule has 2 N–H and O–H groups in total. The molecule has 73 heavy (non-hydrogen) atoms. The molecule has 4 aliphatic rings. The molecule has 4 aromatic carbocycles. The lowest BCUT2D eigenvalue weighted by molar-refractivity contribution is -0.258. The van der Waals surface area contributed by atoms with E-state index in [2.05, 4.69) is 19.6 Å². The minimum atomic E-state index is -1.44. The largest absolute Gasteiger partial charge is 0.489 e. The number of benzene rings is 4. The summed E-state index contributed by atoms with van der Waals surface area (Å²) in [5, 5.41) is 25.2. The standard InChI is InChI=1S/C61H77FN2O9/c1-3-5-6-7-8-9-10-11-15-28-58(67)64(40-45-29-31-55-56(36-45)70-43-69-55)57-39-53(63-72-41-44-22-13-12-14-23-44)50-37-46(24-18-20-33-65)49(26-19-21-34-66)59-51-38-48(68-42-47-25-16-17-27-52(47)62)30-32-54(51)73-61(57,60(50)59)71-35-4-2/h4,12-14,16-17,22-23,25,27,29-32,36-38,46,49,57,59-60,65-66H,2-3,5-11,15,18-21,24,26,28,33-35,39-43H2,1H3. The maximum atomic E-state index is 15.4. The van der Waals surface area contributed by atoms with Crippen molar-refractivity contribution < 1.29 is 47.9 Å². The molecule has 1 amide bonds. The molecule has 1 saturated carbocycles. The van der Waals surface area contributed by atoms with Gasteiger partial charge >= 0.3 is 0 Å². The zero-order valence-corrected chi connectivity index (χ0v) is 42.9. The maximum Gasteiger partial charge on any atom is 0.239 e. The zero-order valence-electron chi connectivity index (χ0n) is 42.9. The summed E-state index contributed by atoms with van der Waals surface area (Å²) in [5.74, 6) is -0.0170. The predicted molar refractivity (Wildman–Crippen MR) is 282 cm³/mol. The minimum Gasteiger partial charge on any atom is -0.489 e. The van der Waals surface area contributed by atoms with Crippen molar-refractivity contribution in [3.63, 3.8) is 0 Å². The summed E-state index contributed by atoms with van der Waals surface area (Å²) in [5.41, 5.74) is 4.89. The molecule has 0 spiro atoms. The third-order valence-corrected chi connectivity index (χ3v) is 15.2. The number of halogens is 1. The van der Waals surface area contributed by atoms with Crippen molar-refractivity contribution in [3.05, 3.63) is 143 Å². The van der Waals surface area contributed by atoms with Crippen molar-refractivity contribution in [2.75, 3.05) is 26.6 Å². The summed E-state index contributed by atoms with van der Waals surface area (Å²) in [6, 6.07) is 27.6. The van der Waals surface area contributed by atoms with Crippen molar-refractivity contribution in [1.82, 2.24) is 4.90 Å². The van der Waals surface area contributed by atoms with E-state index in [1.807, 2.05) is 71.6 Å². The van der Waals surface area contributed by atoms with E-state index >= 15 is 4.79 Å². The lowest BCUT2D eigenvalue weighted by Crippen LogP contribution is -2.70. The Hall–Kier alpha value is -5.69. The number of fused-ring (bicyclic) bond motifs is 3. The quantitative estimate of drug-likeness (QED) is 0.0298. The first-order valence-corrected chi connectivity index (χ1v) is 27.2. The van der Waals surface area contributed by atoms with Crippen molar-refractivity contribution in [2.24, 2.45) is 22.9 Å². The number of unbranched alkanes of at least 4 members (excludes halogenated alkanes) is 10. The molecule has 0 saturated heterocycles. The van der Waals surface area contributed by atoms with E-state index in [1.165, 1.54) is 38.2 Å². The number of aliphatic hydroxyl groups excluding tert-OH is 2. The Morgan fingerprint density at radius 2 is 1.53 bits per heavy atom. The highest BCUT2D eigenvalue weighted by molar-refractivity contribution is 6.03. The van der Waals surface area contributed by atoms with E-state index < -0.39 is 17.7 Å². The molecule has 392 valence electrons. The third kappa shape index (κ3) is 13.4. The van der Waals surface area contributed by atoms with Gasteiger partial charge in [-0.2, -0.15) is 0 Å². The highest BCUT2D eigenvalue weighted by Gasteiger charge is 2.65. The van der Waals surface area contributed by atoms with Crippen LogP contribution in [-0.2, 0) is 34.1 Å². The van der Waals surface area contributed by atoms with Crippen LogP contribution in [-0.4, -0.2) is 65.2 Å². The van der Waals surface area contributed by atoms with Gasteiger partial charge in [0.2, 0.25) is 18.5 Å². The van der Waals surface area contributed by atoms with Gasteiger partial charge in [0.15, 0.2) is 11.5 Å². The SMILES string of the molecule is C=CCOC12Oc3ccc(OCc4ccccc4F)cc3C3C(CCCCO)C(CCCCO)C=C(C(=NOCc4ccccc4)CC1N(Cc1ccc4c(c1)OCO4)C(=O)CCCCCCCCCCC)C32. The first kappa shape index (κ1) is 53.6. The van der Waals surface area contributed by atoms with Gasteiger partial charge in [-0.25, -0.2) is 4.39 Å². The van der Waals surface area contributed by atoms with Crippen LogP contribution < -0.4 is 18.9 Å². The second kappa shape index (κ2) is 27.0. The van der Waals surface area contributed by atoms with Gasteiger partial charge in [0.25, 0.3) is 0 Å². The highest BCUT2D eigenvalue weighted by atomic mass is 19.1. The van der Waals surface area contributed by atoms with E-state index in [1.54, 1.807) is 24.3 Å². The van der Waals surface area contributed by atoms with E-state index in [-0.39, 0.29) is 82.3 Å². The molecule has 2 heterocycles. The third-order valence-electron chi connectivity index (χ3n) is 15.2. The summed E-state index contributed by atoms with van der Waals surface area (Å²) in [7, 11) is 0. The second-order valence-corrected chi connectivity index (χ2v) is 20.2. The molecule has 2 aliphatic carbocycles. The molecule has 6 unspecified atom stereocenters. The molecule has 2 aliphatic heterocycles. The fourth-order valence-corrected chi connectivity index (χ4v) is 11.6. The van der Waals surface area contributed by atoms with E-state index in [0.29, 0.717) is 47.8 Å². The van der Waals surface area contributed by atoms with Gasteiger partial charge in [-0.05, 0) is 97.0 Å². The lowest BCUT2D eigenvalue weighted by Gasteiger charge is -2.60. The molecule has 12 heteroatoms. The van der Waals surface area contributed by atoms with Crippen molar-refractivity contribution in [1.29, 1.82) is 0 Å². The Bertz CT molecular complexity index is 2460. The first-order valence-electron chi connectivity index (χ1n) is 27.2. The Morgan fingerprint density at radius 3 is 2.30 bits per heavy atom. The lowest BCUT2D eigenvalue weighted by atomic mass is 9.55. The van der Waals surface area contributed by atoms with Gasteiger partial charge in [-0.1, -0.05) is 143 Å². The fourth-order valence-electron chi connectivity index (χ4n) is 11.6. The summed E-state index contributed by atoms with van der Waals surface area (Å²) in [6.07, 6.45) is 19.4. The van der Waals surface area contributed by atoms with Gasteiger partial charge in [-0.3, -0.25) is 4.79 Å². The summed E-state index contributed by atoms with van der Waals surface area (Å²) >= 11 is 0. The number of oxime groups is 1. The van der Waals surface area contributed by atoms with Gasteiger partial charge in [0, 0.05) is 49.6 Å². The molecule has 4 aromatic rings. The number of amides is 1. The molecule has 8 rings (SSSR count). The molecule has 6 atom stereocenters. The Labute approximate surface area is 432 Å². The van der Waals surface area contributed by atoms with Crippen LogP contribution >= 0.6 is 0 Å².